The van der Waals surface area contributed by atoms with Gasteiger partial charge in [0.2, 0.25) is 0 Å². The van der Waals surface area contributed by atoms with Gasteiger partial charge in [0.1, 0.15) is 12.2 Å². The van der Waals surface area contributed by atoms with Gasteiger partial charge in [0.25, 0.3) is 0 Å². The first-order valence-corrected chi connectivity index (χ1v) is 8.88. The predicted octanol–water partition coefficient (Wildman–Crippen LogP) is 2.72. The Morgan fingerprint density at radius 2 is 1.81 bits per heavy atom. The van der Waals surface area contributed by atoms with Gasteiger partial charge in [0.15, 0.2) is 0 Å². The van der Waals surface area contributed by atoms with Crippen LogP contribution in [0.4, 0.5) is 9.59 Å². The van der Waals surface area contributed by atoms with E-state index in [2.05, 4.69) is 10.6 Å². The van der Waals surface area contributed by atoms with Crippen molar-refractivity contribution >= 4 is 12.2 Å². The molecule has 144 valence electrons. The quantitative estimate of drug-likeness (QED) is 0.763. The number of aliphatic hydroxyl groups excluding tert-OH is 1. The summed E-state index contributed by atoms with van der Waals surface area (Å²) in [7, 11) is 0. The molecule has 26 heavy (non-hydrogen) atoms. The summed E-state index contributed by atoms with van der Waals surface area (Å²) >= 11 is 0. The van der Waals surface area contributed by atoms with Gasteiger partial charge in [0.05, 0.1) is 12.1 Å². The van der Waals surface area contributed by atoms with E-state index in [1.54, 1.807) is 20.8 Å². The van der Waals surface area contributed by atoms with Gasteiger partial charge in [-0.15, -0.1) is 0 Å². The van der Waals surface area contributed by atoms with Crippen molar-refractivity contribution in [1.29, 1.82) is 0 Å². The highest BCUT2D eigenvalue weighted by molar-refractivity contribution is 5.69. The maximum atomic E-state index is 12.0. The van der Waals surface area contributed by atoms with E-state index in [0.717, 1.165) is 5.56 Å². The molecule has 0 bridgehead atoms. The summed E-state index contributed by atoms with van der Waals surface area (Å²) in [6.45, 7) is 5.52. The second-order valence-electron chi connectivity index (χ2n) is 7.54. The number of nitrogens with one attached hydrogen (secondary N) is 2. The number of carbonyl (C=O) groups excluding carboxylic acids is 2. The van der Waals surface area contributed by atoms with Gasteiger partial charge in [-0.25, -0.2) is 9.59 Å². The summed E-state index contributed by atoms with van der Waals surface area (Å²) in [5.74, 6) is 0. The lowest BCUT2D eigenvalue weighted by molar-refractivity contribution is 0.0331. The Balaban J connectivity index is 1.79. The molecular weight excluding hydrogens is 336 g/mol. The van der Waals surface area contributed by atoms with Crippen LogP contribution >= 0.6 is 0 Å². The third-order valence-corrected chi connectivity index (χ3v) is 4.05. The van der Waals surface area contributed by atoms with E-state index in [9.17, 15) is 14.7 Å². The smallest absolute Gasteiger partial charge is 0.407 e. The first kappa shape index (κ1) is 20.0. The van der Waals surface area contributed by atoms with E-state index >= 15 is 0 Å². The highest BCUT2D eigenvalue weighted by Gasteiger charge is 2.32. The number of ether oxygens (including phenoxy) is 2. The van der Waals surface area contributed by atoms with Gasteiger partial charge in [-0.3, -0.25) is 0 Å². The SMILES string of the molecule is CC(C)(C)OC(=O)N[C@H]1C[C@@H](NC(=O)OCc2ccccc2)CC[C@@H]1O. The van der Waals surface area contributed by atoms with Crippen molar-refractivity contribution in [3.8, 4) is 0 Å². The maximum Gasteiger partial charge on any atom is 0.407 e. The van der Waals surface area contributed by atoms with Gasteiger partial charge in [-0.1, -0.05) is 30.3 Å². The fraction of sp³-hybridized carbons (Fsp3) is 0.579. The zero-order valence-electron chi connectivity index (χ0n) is 15.5. The molecule has 7 nitrogen and oxygen atoms in total. The third-order valence-electron chi connectivity index (χ3n) is 4.05. The average molecular weight is 364 g/mol. The molecule has 2 amide bonds. The van der Waals surface area contributed by atoms with Crippen molar-refractivity contribution < 1.29 is 24.2 Å². The van der Waals surface area contributed by atoms with Gasteiger partial charge < -0.3 is 25.2 Å². The van der Waals surface area contributed by atoms with E-state index < -0.39 is 29.9 Å². The molecule has 1 saturated carbocycles. The van der Waals surface area contributed by atoms with Crippen LogP contribution in [0.25, 0.3) is 0 Å². The molecule has 0 aliphatic heterocycles. The number of rotatable bonds is 4. The van der Waals surface area contributed by atoms with Crippen LogP contribution in [-0.4, -0.2) is 41.1 Å². The number of aliphatic hydroxyl groups is 1. The Hall–Kier alpha value is -2.28. The van der Waals surface area contributed by atoms with Crippen molar-refractivity contribution in [1.82, 2.24) is 10.6 Å². The lowest BCUT2D eigenvalue weighted by Crippen LogP contribution is -2.52. The Morgan fingerprint density at radius 1 is 1.12 bits per heavy atom. The maximum absolute atomic E-state index is 12.0. The molecular formula is C19H28N2O5. The lowest BCUT2D eigenvalue weighted by Gasteiger charge is -2.34. The van der Waals surface area contributed by atoms with Crippen LogP contribution < -0.4 is 10.6 Å². The van der Waals surface area contributed by atoms with E-state index in [0.29, 0.717) is 19.3 Å². The highest BCUT2D eigenvalue weighted by atomic mass is 16.6. The Morgan fingerprint density at radius 3 is 2.46 bits per heavy atom. The molecule has 1 aromatic carbocycles. The largest absolute Gasteiger partial charge is 0.445 e. The Bertz CT molecular complexity index is 600. The molecule has 0 radical (unpaired) electrons. The van der Waals surface area contributed by atoms with E-state index in [4.69, 9.17) is 9.47 Å². The summed E-state index contributed by atoms with van der Waals surface area (Å²) in [6, 6.07) is 8.77. The van der Waals surface area contributed by atoms with Gasteiger partial charge in [-0.05, 0) is 45.6 Å². The van der Waals surface area contributed by atoms with Crippen LogP contribution in [-0.2, 0) is 16.1 Å². The number of benzene rings is 1. The second kappa shape index (κ2) is 8.89. The number of amides is 2. The molecule has 0 unspecified atom stereocenters. The molecule has 0 saturated heterocycles. The molecule has 3 atom stereocenters. The molecule has 1 fully saturated rings. The first-order chi connectivity index (χ1) is 12.2. The summed E-state index contributed by atoms with van der Waals surface area (Å²) in [6.07, 6.45) is -0.236. The van der Waals surface area contributed by atoms with Crippen molar-refractivity contribution in [3.05, 3.63) is 35.9 Å². The zero-order chi connectivity index (χ0) is 19.2. The van der Waals surface area contributed by atoms with Gasteiger partial charge in [-0.2, -0.15) is 0 Å². The van der Waals surface area contributed by atoms with Crippen molar-refractivity contribution in [3.63, 3.8) is 0 Å². The summed E-state index contributed by atoms with van der Waals surface area (Å²) in [4.78, 5) is 23.9. The number of carbonyl (C=O) groups is 2. The molecule has 0 spiro atoms. The van der Waals surface area contributed by atoms with Crippen molar-refractivity contribution in [2.45, 2.75) is 70.4 Å². The minimum Gasteiger partial charge on any atom is -0.445 e. The zero-order valence-corrected chi connectivity index (χ0v) is 15.5. The molecule has 0 aromatic heterocycles. The summed E-state index contributed by atoms with van der Waals surface area (Å²) < 4.78 is 10.4. The normalized spacial score (nSPS) is 23.0. The van der Waals surface area contributed by atoms with Crippen molar-refractivity contribution in [2.24, 2.45) is 0 Å². The van der Waals surface area contributed by atoms with Crippen LogP contribution in [0.1, 0.15) is 45.6 Å². The molecule has 1 aromatic rings. The fourth-order valence-electron chi connectivity index (χ4n) is 2.83. The molecule has 3 N–H and O–H groups in total. The number of hydrogen-bond acceptors (Lipinski definition) is 5. The molecule has 1 aliphatic rings. The summed E-state index contributed by atoms with van der Waals surface area (Å²) in [5, 5.41) is 15.6. The summed E-state index contributed by atoms with van der Waals surface area (Å²) in [5.41, 5.74) is 0.300. The minimum atomic E-state index is -0.666. The van der Waals surface area contributed by atoms with E-state index in [1.165, 1.54) is 0 Å². The third kappa shape index (κ3) is 6.92. The Kier molecular flexibility index (Phi) is 6.85. The monoisotopic (exact) mass is 364 g/mol. The van der Waals surface area contributed by atoms with Gasteiger partial charge >= 0.3 is 12.2 Å². The van der Waals surface area contributed by atoms with Crippen molar-refractivity contribution in [2.75, 3.05) is 0 Å². The highest BCUT2D eigenvalue weighted by Crippen LogP contribution is 2.20. The van der Waals surface area contributed by atoms with E-state index in [1.807, 2.05) is 30.3 Å². The molecule has 0 heterocycles. The molecule has 7 heteroatoms. The van der Waals surface area contributed by atoms with Crippen LogP contribution in [0.2, 0.25) is 0 Å². The standard InChI is InChI=1S/C19H28N2O5/c1-19(2,3)26-18(24)21-15-11-14(9-10-16(15)22)20-17(23)25-12-13-7-5-4-6-8-13/h4-8,14-16,22H,9-12H2,1-3H3,(H,20,23)(H,21,24)/t14-,15-,16-/m0/s1. The Labute approximate surface area is 154 Å². The lowest BCUT2D eigenvalue weighted by atomic mass is 9.88. The average Bonchev–Trinajstić information content (AvgIpc) is 2.55. The van der Waals surface area contributed by atoms with Crippen LogP contribution in [0.3, 0.4) is 0 Å². The predicted molar refractivity (Wildman–Crippen MR) is 96.6 cm³/mol. The molecule has 2 rings (SSSR count). The topological polar surface area (TPSA) is 96.9 Å². The minimum absolute atomic E-state index is 0.179. The number of alkyl carbamates (subject to hydrolysis) is 2. The van der Waals surface area contributed by atoms with Gasteiger partial charge in [0, 0.05) is 6.04 Å². The van der Waals surface area contributed by atoms with E-state index in [-0.39, 0.29) is 12.6 Å². The first-order valence-electron chi connectivity index (χ1n) is 8.88. The van der Waals surface area contributed by atoms with Crippen LogP contribution in [0, 0.1) is 0 Å². The second-order valence-corrected chi connectivity index (χ2v) is 7.54. The van der Waals surface area contributed by atoms with Crippen LogP contribution in [0.15, 0.2) is 30.3 Å². The molecule has 1 aliphatic carbocycles. The fourth-order valence-corrected chi connectivity index (χ4v) is 2.83. The van der Waals surface area contributed by atoms with Crippen LogP contribution in [0.5, 0.6) is 0 Å². The number of hydrogen-bond donors (Lipinski definition) is 3.